The van der Waals surface area contributed by atoms with Gasteiger partial charge in [-0.15, -0.1) is 0 Å². The van der Waals surface area contributed by atoms with Crippen molar-refractivity contribution in [3.63, 3.8) is 0 Å². The number of rotatable bonds is 2. The Kier molecular flexibility index (Phi) is 3.52. The first kappa shape index (κ1) is 13.6. The summed E-state index contributed by atoms with van der Waals surface area (Å²) in [5, 5.41) is 2.85. The maximum absolute atomic E-state index is 12.6. The molecule has 2 aliphatic heterocycles. The number of amides is 3. The number of ether oxygens (including phenoxy) is 1. The van der Waals surface area contributed by atoms with Gasteiger partial charge < -0.3 is 10.1 Å². The highest BCUT2D eigenvalue weighted by Crippen LogP contribution is 2.30. The van der Waals surface area contributed by atoms with Crippen molar-refractivity contribution in [2.75, 3.05) is 13.2 Å². The zero-order chi connectivity index (χ0) is 14.2. The average molecular weight is 339 g/mol. The van der Waals surface area contributed by atoms with E-state index >= 15 is 0 Å². The normalized spacial score (nSPS) is 21.4. The number of halogens is 1. The molecule has 0 radical (unpaired) electrons. The number of carbonyl (C=O) groups excluding carboxylic acids is 2. The van der Waals surface area contributed by atoms with Crippen LogP contribution in [0.3, 0.4) is 0 Å². The minimum absolute atomic E-state index is 0.137. The van der Waals surface area contributed by atoms with Crippen LogP contribution >= 0.6 is 15.9 Å². The molecule has 106 valence electrons. The molecule has 1 N–H and O–H groups in total. The third kappa shape index (κ3) is 2.23. The number of hydrogen-bond acceptors (Lipinski definition) is 3. The van der Waals surface area contributed by atoms with Crippen molar-refractivity contribution in [2.24, 2.45) is 0 Å². The summed E-state index contributed by atoms with van der Waals surface area (Å²) in [6.07, 6.45) is 1.09. The lowest BCUT2D eigenvalue weighted by molar-refractivity contribution is -0.134. The third-order valence-electron chi connectivity index (χ3n) is 3.88. The summed E-state index contributed by atoms with van der Waals surface area (Å²) < 4.78 is 6.18. The van der Waals surface area contributed by atoms with Gasteiger partial charge >= 0.3 is 6.03 Å². The van der Waals surface area contributed by atoms with E-state index in [1.165, 1.54) is 4.90 Å². The number of carbonyl (C=O) groups is 2. The van der Waals surface area contributed by atoms with Crippen LogP contribution in [0.4, 0.5) is 4.79 Å². The third-order valence-corrected chi connectivity index (χ3v) is 4.65. The van der Waals surface area contributed by atoms with Crippen molar-refractivity contribution in [1.29, 1.82) is 0 Å². The number of urea groups is 1. The molecule has 0 atom stereocenters. The number of imide groups is 1. The molecule has 0 saturated carbocycles. The SMILES string of the molecule is O=C1NC2(CCOCC2)C(=O)N1Cc1ccccc1Br. The Morgan fingerprint density at radius 1 is 1.25 bits per heavy atom. The predicted molar refractivity (Wildman–Crippen MR) is 76.0 cm³/mol. The summed E-state index contributed by atoms with van der Waals surface area (Å²) in [4.78, 5) is 26.0. The molecule has 2 saturated heterocycles. The van der Waals surface area contributed by atoms with E-state index < -0.39 is 5.54 Å². The molecule has 6 heteroatoms. The maximum Gasteiger partial charge on any atom is 0.325 e. The summed E-state index contributed by atoms with van der Waals surface area (Å²) in [7, 11) is 0. The van der Waals surface area contributed by atoms with Gasteiger partial charge in [0.05, 0.1) is 6.54 Å². The van der Waals surface area contributed by atoms with Crippen LogP contribution in [0.25, 0.3) is 0 Å². The number of benzene rings is 1. The van der Waals surface area contributed by atoms with E-state index in [1.54, 1.807) is 0 Å². The molecule has 0 unspecified atom stereocenters. The van der Waals surface area contributed by atoms with Crippen molar-refractivity contribution < 1.29 is 14.3 Å². The van der Waals surface area contributed by atoms with Gasteiger partial charge in [0.1, 0.15) is 5.54 Å². The van der Waals surface area contributed by atoms with E-state index in [9.17, 15) is 9.59 Å². The molecule has 3 rings (SSSR count). The molecule has 20 heavy (non-hydrogen) atoms. The molecule has 1 spiro atoms. The fraction of sp³-hybridized carbons (Fsp3) is 0.429. The average Bonchev–Trinajstić information content (AvgIpc) is 2.66. The fourth-order valence-corrected chi connectivity index (χ4v) is 3.09. The molecule has 1 aromatic carbocycles. The molecule has 2 aliphatic rings. The van der Waals surface area contributed by atoms with Crippen molar-refractivity contribution in [3.8, 4) is 0 Å². The second-order valence-electron chi connectivity index (χ2n) is 5.11. The second-order valence-corrected chi connectivity index (χ2v) is 5.96. The summed E-state index contributed by atoms with van der Waals surface area (Å²) in [6, 6.07) is 7.28. The molecule has 1 aromatic rings. The molecule has 0 aliphatic carbocycles. The molecule has 0 bridgehead atoms. The Balaban J connectivity index is 1.82. The minimum atomic E-state index is -0.753. The van der Waals surface area contributed by atoms with Crippen LogP contribution in [0.2, 0.25) is 0 Å². The van der Waals surface area contributed by atoms with Crippen molar-refractivity contribution in [2.45, 2.75) is 24.9 Å². The summed E-state index contributed by atoms with van der Waals surface area (Å²) in [5.41, 5.74) is 0.163. The topological polar surface area (TPSA) is 58.6 Å². The van der Waals surface area contributed by atoms with Gasteiger partial charge in [0.15, 0.2) is 0 Å². The first-order valence-electron chi connectivity index (χ1n) is 6.58. The lowest BCUT2D eigenvalue weighted by Crippen LogP contribution is -2.51. The second kappa shape index (κ2) is 5.18. The van der Waals surface area contributed by atoms with Gasteiger partial charge in [-0.05, 0) is 11.6 Å². The van der Waals surface area contributed by atoms with Gasteiger partial charge in [-0.1, -0.05) is 34.1 Å². The maximum atomic E-state index is 12.6. The van der Waals surface area contributed by atoms with Crippen LogP contribution in [-0.2, 0) is 16.1 Å². The first-order chi connectivity index (χ1) is 9.62. The van der Waals surface area contributed by atoms with E-state index in [2.05, 4.69) is 21.2 Å². The van der Waals surface area contributed by atoms with E-state index in [4.69, 9.17) is 4.74 Å². The number of nitrogens with one attached hydrogen (secondary N) is 1. The molecule has 5 nitrogen and oxygen atoms in total. The van der Waals surface area contributed by atoms with E-state index in [0.29, 0.717) is 26.1 Å². The Bertz CT molecular complexity index is 555. The van der Waals surface area contributed by atoms with Crippen molar-refractivity contribution in [1.82, 2.24) is 10.2 Å². The Labute approximate surface area is 125 Å². The standard InChI is InChI=1S/C14H15BrN2O3/c15-11-4-2-1-3-10(11)9-17-12(18)14(16-13(17)19)5-7-20-8-6-14/h1-4H,5-9H2,(H,16,19). The Hall–Kier alpha value is -1.40. The van der Waals surface area contributed by atoms with Crippen LogP contribution in [0, 0.1) is 0 Å². The Morgan fingerprint density at radius 2 is 1.95 bits per heavy atom. The van der Waals surface area contributed by atoms with Crippen molar-refractivity contribution >= 4 is 27.9 Å². The van der Waals surface area contributed by atoms with E-state index in [-0.39, 0.29) is 18.5 Å². The minimum Gasteiger partial charge on any atom is -0.381 e. The molecule has 2 fully saturated rings. The van der Waals surface area contributed by atoms with Crippen LogP contribution in [-0.4, -0.2) is 35.6 Å². The lowest BCUT2D eigenvalue weighted by Gasteiger charge is -2.30. The fourth-order valence-electron chi connectivity index (χ4n) is 2.68. The monoisotopic (exact) mass is 338 g/mol. The van der Waals surface area contributed by atoms with Gasteiger partial charge in [-0.25, -0.2) is 4.79 Å². The smallest absolute Gasteiger partial charge is 0.325 e. The predicted octanol–water partition coefficient (Wildman–Crippen LogP) is 2.05. The van der Waals surface area contributed by atoms with Gasteiger partial charge in [0.25, 0.3) is 5.91 Å². The molecule has 2 heterocycles. The van der Waals surface area contributed by atoms with E-state index in [0.717, 1.165) is 10.0 Å². The van der Waals surface area contributed by atoms with Crippen LogP contribution in [0.15, 0.2) is 28.7 Å². The first-order valence-corrected chi connectivity index (χ1v) is 7.37. The summed E-state index contributed by atoms with van der Waals surface area (Å²) in [6.45, 7) is 1.30. The summed E-state index contributed by atoms with van der Waals surface area (Å²) >= 11 is 3.44. The van der Waals surface area contributed by atoms with E-state index in [1.807, 2.05) is 24.3 Å². The largest absolute Gasteiger partial charge is 0.381 e. The lowest BCUT2D eigenvalue weighted by atomic mass is 9.90. The van der Waals surface area contributed by atoms with Gasteiger partial charge in [0.2, 0.25) is 0 Å². The van der Waals surface area contributed by atoms with Gasteiger partial charge in [-0.2, -0.15) is 0 Å². The highest BCUT2D eigenvalue weighted by Gasteiger charge is 2.51. The quantitative estimate of drug-likeness (QED) is 0.839. The molecule has 3 amide bonds. The Morgan fingerprint density at radius 3 is 2.65 bits per heavy atom. The van der Waals surface area contributed by atoms with Gasteiger partial charge in [-0.3, -0.25) is 9.69 Å². The van der Waals surface area contributed by atoms with Crippen LogP contribution in [0.5, 0.6) is 0 Å². The number of hydrogen-bond donors (Lipinski definition) is 1. The molecule has 0 aromatic heterocycles. The molecular formula is C14H15BrN2O3. The van der Waals surface area contributed by atoms with Crippen molar-refractivity contribution in [3.05, 3.63) is 34.3 Å². The van der Waals surface area contributed by atoms with Crippen LogP contribution in [0.1, 0.15) is 18.4 Å². The van der Waals surface area contributed by atoms with Gasteiger partial charge in [0, 0.05) is 30.5 Å². The highest BCUT2D eigenvalue weighted by atomic mass is 79.9. The van der Waals surface area contributed by atoms with Crippen LogP contribution < -0.4 is 5.32 Å². The zero-order valence-electron chi connectivity index (χ0n) is 10.9. The highest BCUT2D eigenvalue weighted by molar-refractivity contribution is 9.10. The number of nitrogens with zero attached hydrogens (tertiary/aromatic N) is 1. The molecular weight excluding hydrogens is 324 g/mol. The summed E-state index contributed by atoms with van der Waals surface area (Å²) in [5.74, 6) is -0.137. The zero-order valence-corrected chi connectivity index (χ0v) is 12.5.